The molecule has 254 valence electrons. The van der Waals surface area contributed by atoms with Crippen molar-refractivity contribution >= 4 is 72.9 Å². The summed E-state index contributed by atoms with van der Waals surface area (Å²) in [4.78, 5) is 0. The van der Waals surface area contributed by atoms with Crippen LogP contribution in [-0.2, 0) is 23.6 Å². The van der Waals surface area contributed by atoms with Crippen molar-refractivity contribution in [3.8, 4) is 17.2 Å². The number of hydrogen-bond acceptors (Lipinski definition) is 8. The molecule has 0 heterocycles. The van der Waals surface area contributed by atoms with E-state index in [2.05, 4.69) is 70.9 Å². The largest absolute Gasteiger partial charge is 0.540 e. The lowest BCUT2D eigenvalue weighted by Crippen LogP contribution is -2.26. The maximum Gasteiger partial charge on any atom is 0.540 e. The lowest BCUT2D eigenvalue weighted by Gasteiger charge is -2.27. The van der Waals surface area contributed by atoms with Gasteiger partial charge in [0.15, 0.2) is 24.3 Å². The highest BCUT2D eigenvalue weighted by atomic mass is 32.4. The summed E-state index contributed by atoms with van der Waals surface area (Å²) in [5.74, 6) is 2.18. The summed E-state index contributed by atoms with van der Waals surface area (Å²) < 4.78 is 26.5. The van der Waals surface area contributed by atoms with Gasteiger partial charge in [0.05, 0.1) is 40.7 Å². The van der Waals surface area contributed by atoms with Gasteiger partial charge in [0.1, 0.15) is 18.2 Å². The second-order valence-electron chi connectivity index (χ2n) is 10.8. The Hall–Kier alpha value is -4.29. The van der Waals surface area contributed by atoms with Gasteiger partial charge in [-0.3, -0.25) is 9.27 Å². The molecular formula is C37H38N5O3P3S2+2. The van der Waals surface area contributed by atoms with Crippen molar-refractivity contribution in [3.63, 3.8) is 0 Å². The number of rotatable bonds is 15. The van der Waals surface area contributed by atoms with Crippen LogP contribution in [0.4, 0.5) is 0 Å². The fourth-order valence-corrected chi connectivity index (χ4v) is 9.46. The molecule has 0 fully saturated rings. The fraction of sp³-hybridized carbons (Fsp3) is 0.135. The Bertz CT molecular complexity index is 1950. The molecule has 0 aromatic heterocycles. The van der Waals surface area contributed by atoms with Crippen LogP contribution in [0.25, 0.3) is 0 Å². The topological polar surface area (TPSA) is 71.2 Å². The third-order valence-corrected chi connectivity index (χ3v) is 14.7. The Morgan fingerprint density at radius 2 is 1.08 bits per heavy atom. The van der Waals surface area contributed by atoms with Crippen LogP contribution < -0.4 is 29.9 Å². The molecule has 5 aromatic carbocycles. The van der Waals surface area contributed by atoms with Crippen molar-refractivity contribution in [3.05, 3.63) is 145 Å². The number of methoxy groups -OCH3 is 1. The van der Waals surface area contributed by atoms with E-state index < -0.39 is 21.0 Å². The van der Waals surface area contributed by atoms with Crippen molar-refractivity contribution in [2.45, 2.75) is 0 Å². The summed E-state index contributed by atoms with van der Waals surface area (Å²) in [5.41, 5.74) is 1.90. The van der Waals surface area contributed by atoms with Gasteiger partial charge in [-0.15, -0.1) is 15.0 Å². The van der Waals surface area contributed by atoms with E-state index in [1.807, 2.05) is 93.6 Å². The number of hydrogen-bond donors (Lipinski definition) is 0. The predicted molar refractivity (Wildman–Crippen MR) is 218 cm³/mol. The first kappa shape index (κ1) is 37.0. The molecule has 5 aromatic rings. The van der Waals surface area contributed by atoms with Crippen LogP contribution in [0, 0.1) is 0 Å². The quantitative estimate of drug-likeness (QED) is 0.0608. The highest BCUT2D eigenvalue weighted by Gasteiger charge is 2.28. The van der Waals surface area contributed by atoms with Crippen molar-refractivity contribution in [1.29, 1.82) is 0 Å². The van der Waals surface area contributed by atoms with Crippen LogP contribution in [0.5, 0.6) is 17.2 Å². The molecule has 50 heavy (non-hydrogen) atoms. The standard InChI is InChI=1S/C37H38N5O3P3S2/c1-41(46(4)49)38-27-31-17-21-33(22-18-31)44-29-40-48(35-11-7-5-8-12-35,36-13-9-6-10-14-36)37-25-23-34(24-26-37)45-47(50)42(2)39-28-30-15-19-32(43-3)20-16-30/h5-28H,29H2,1-4H3/q+2. The molecular weight excluding hydrogens is 719 g/mol. The molecule has 0 saturated carbocycles. The van der Waals surface area contributed by atoms with Gasteiger partial charge in [0.25, 0.3) is 0 Å². The molecule has 2 atom stereocenters. The van der Waals surface area contributed by atoms with E-state index in [9.17, 15) is 0 Å². The Morgan fingerprint density at radius 1 is 0.620 bits per heavy atom. The van der Waals surface area contributed by atoms with E-state index in [1.165, 1.54) is 0 Å². The third kappa shape index (κ3) is 9.69. The van der Waals surface area contributed by atoms with Crippen LogP contribution in [0.1, 0.15) is 11.1 Å². The van der Waals surface area contributed by atoms with Crippen LogP contribution >= 0.6 is 21.0 Å². The van der Waals surface area contributed by atoms with Gasteiger partial charge in [-0.05, 0) is 83.9 Å². The Labute approximate surface area is 306 Å². The normalized spacial score (nSPS) is 12.0. The molecule has 13 heteroatoms. The number of nitrogens with zero attached hydrogens (tertiary/aromatic N) is 5. The van der Waals surface area contributed by atoms with Gasteiger partial charge < -0.3 is 9.47 Å². The lowest BCUT2D eigenvalue weighted by atomic mass is 10.2. The second-order valence-corrected chi connectivity index (χ2v) is 19.2. The molecule has 0 bridgehead atoms. The first-order valence-corrected chi connectivity index (χ1v) is 22.3. The van der Waals surface area contributed by atoms with Gasteiger partial charge in [0, 0.05) is 15.9 Å². The zero-order valence-electron chi connectivity index (χ0n) is 28.2. The van der Waals surface area contributed by atoms with Crippen molar-refractivity contribution in [2.24, 2.45) is 14.9 Å². The zero-order chi connectivity index (χ0) is 35.3. The van der Waals surface area contributed by atoms with Gasteiger partial charge in [-0.25, -0.2) is 0 Å². The van der Waals surface area contributed by atoms with Crippen LogP contribution in [0.2, 0.25) is 0 Å². The number of ether oxygens (including phenoxy) is 2. The molecule has 0 saturated heterocycles. The first-order valence-electron chi connectivity index (χ1n) is 15.6. The zero-order valence-corrected chi connectivity index (χ0v) is 32.5. The molecule has 8 nitrogen and oxygen atoms in total. The van der Waals surface area contributed by atoms with Crippen LogP contribution in [0.15, 0.2) is 148 Å². The second kappa shape index (κ2) is 18.1. The monoisotopic (exact) mass is 757 g/mol. The molecule has 0 amide bonds. The van der Waals surface area contributed by atoms with E-state index >= 15 is 0 Å². The molecule has 0 aliphatic carbocycles. The minimum absolute atomic E-state index is 0.163. The lowest BCUT2D eigenvalue weighted by molar-refractivity contribution is 0.333. The van der Waals surface area contributed by atoms with E-state index in [0.29, 0.717) is 5.75 Å². The fourth-order valence-electron chi connectivity index (χ4n) is 4.80. The first-order chi connectivity index (χ1) is 24.3. The molecule has 0 aliphatic heterocycles. The van der Waals surface area contributed by atoms with Crippen LogP contribution in [-0.4, -0.2) is 56.6 Å². The van der Waals surface area contributed by atoms with Crippen LogP contribution in [0.3, 0.4) is 0 Å². The summed E-state index contributed by atoms with van der Waals surface area (Å²) in [6.45, 7) is 1.45. The molecule has 0 radical (unpaired) electrons. The minimum atomic E-state index is -2.51. The summed E-state index contributed by atoms with van der Waals surface area (Å²) in [7, 11) is 1.39. The molecule has 0 aliphatic rings. The summed E-state index contributed by atoms with van der Waals surface area (Å²) in [6.07, 6.45) is 3.55. The molecule has 2 unspecified atom stereocenters. The van der Waals surface area contributed by atoms with E-state index in [0.717, 1.165) is 38.5 Å². The van der Waals surface area contributed by atoms with Gasteiger partial charge in [0.2, 0.25) is 11.8 Å². The van der Waals surface area contributed by atoms with Gasteiger partial charge >= 0.3 is 13.9 Å². The summed E-state index contributed by atoms with van der Waals surface area (Å²) in [5, 5.41) is 12.2. The number of hydrazone groups is 2. The predicted octanol–water partition coefficient (Wildman–Crippen LogP) is 8.08. The number of benzene rings is 5. The van der Waals surface area contributed by atoms with Gasteiger partial charge in [-0.2, -0.15) is 0 Å². The highest BCUT2D eigenvalue weighted by Crippen LogP contribution is 2.47. The maximum atomic E-state index is 6.25. The van der Waals surface area contributed by atoms with E-state index in [4.69, 9.17) is 42.4 Å². The summed E-state index contributed by atoms with van der Waals surface area (Å²) >= 11 is 11.0. The van der Waals surface area contributed by atoms with Gasteiger partial charge in [-0.1, -0.05) is 65.4 Å². The molecule has 0 spiro atoms. The van der Waals surface area contributed by atoms with E-state index in [1.54, 1.807) is 29.1 Å². The van der Waals surface area contributed by atoms with Crippen molar-refractivity contribution in [2.75, 3.05) is 34.6 Å². The average molecular weight is 758 g/mol. The molecule has 0 N–H and O–H groups in total. The third-order valence-electron chi connectivity index (χ3n) is 7.54. The highest BCUT2D eigenvalue weighted by molar-refractivity contribution is 8.03. The Balaban J connectivity index is 1.39. The minimum Gasteiger partial charge on any atom is -0.497 e. The maximum absolute atomic E-state index is 6.25. The van der Waals surface area contributed by atoms with Crippen molar-refractivity contribution in [1.82, 2.24) is 9.56 Å². The average Bonchev–Trinajstić information content (AvgIpc) is 3.16. The van der Waals surface area contributed by atoms with Crippen molar-refractivity contribution < 1.29 is 14.0 Å². The Morgan fingerprint density at radius 3 is 1.58 bits per heavy atom. The molecule has 5 rings (SSSR count). The SMILES string of the molecule is COc1ccc(C=NN(C)[P+](=S)Oc2ccc(P(=NCOc3ccc(C=NN(C)[P+](C)=S)cc3)(c3ccccc3)c3ccccc3)cc2)cc1. The van der Waals surface area contributed by atoms with E-state index in [-0.39, 0.29) is 6.73 Å². The summed E-state index contributed by atoms with van der Waals surface area (Å²) in [6, 6.07) is 44.4. The smallest absolute Gasteiger partial charge is 0.497 e. The Kier molecular flexibility index (Phi) is 13.4.